The molecule has 0 saturated carbocycles. The third-order valence-electron chi connectivity index (χ3n) is 4.61. The first-order valence-corrected chi connectivity index (χ1v) is 10.6. The first-order valence-electron chi connectivity index (χ1n) is 9.85. The maximum atomic E-state index is 13.2. The molecule has 0 heterocycles. The number of carbonyl (C=O) groups is 1. The van der Waals surface area contributed by atoms with Crippen molar-refractivity contribution in [2.24, 2.45) is 0 Å². The molecule has 0 fully saturated rings. The number of methoxy groups -OCH3 is 1. The molecule has 0 radical (unpaired) electrons. The lowest BCUT2D eigenvalue weighted by molar-refractivity contribution is 0.0526. The fraction of sp³-hybridized carbons (Fsp3) is 0.208. The number of halogens is 3. The molecule has 0 amide bonds. The van der Waals surface area contributed by atoms with Gasteiger partial charge in [0.05, 0.1) is 24.3 Å². The monoisotopic (exact) mass is 477 g/mol. The van der Waals surface area contributed by atoms with Crippen LogP contribution in [0.2, 0.25) is 10.0 Å². The van der Waals surface area contributed by atoms with E-state index in [0.29, 0.717) is 40.8 Å². The van der Waals surface area contributed by atoms with Gasteiger partial charge in [0.2, 0.25) is 0 Å². The fourth-order valence-corrected chi connectivity index (χ4v) is 3.36. The van der Waals surface area contributed by atoms with Gasteiger partial charge in [-0.05, 0) is 55.0 Å². The van der Waals surface area contributed by atoms with Crippen LogP contribution in [-0.4, -0.2) is 19.7 Å². The minimum Gasteiger partial charge on any atom is -0.493 e. The molecule has 3 aromatic rings. The molecule has 0 aliphatic heterocycles. The van der Waals surface area contributed by atoms with Gasteiger partial charge >= 0.3 is 5.97 Å². The molecule has 0 aromatic heterocycles. The Morgan fingerprint density at radius 3 is 2.34 bits per heavy atom. The number of rotatable bonds is 9. The summed E-state index contributed by atoms with van der Waals surface area (Å²) in [6.45, 7) is 2.66. The number of ether oxygens (including phenoxy) is 3. The molecule has 8 heteroatoms. The fourth-order valence-electron chi connectivity index (χ4n) is 2.92. The van der Waals surface area contributed by atoms with Crippen LogP contribution in [0.1, 0.15) is 28.4 Å². The number of anilines is 1. The summed E-state index contributed by atoms with van der Waals surface area (Å²) in [5.74, 6) is 0.179. The average Bonchev–Trinajstić information content (AvgIpc) is 2.78. The number of carbonyl (C=O) groups excluding carboxylic acids is 1. The van der Waals surface area contributed by atoms with E-state index in [4.69, 9.17) is 37.4 Å². The number of hydrogen-bond donors (Lipinski definition) is 1. The minimum atomic E-state index is -0.410. The second-order valence-corrected chi connectivity index (χ2v) is 7.58. The van der Waals surface area contributed by atoms with E-state index >= 15 is 0 Å². The summed E-state index contributed by atoms with van der Waals surface area (Å²) in [6.07, 6.45) is 0. The molecule has 0 aliphatic rings. The molecule has 5 nitrogen and oxygen atoms in total. The standard InChI is InChI=1S/C24H22Cl2FNO4/c1-3-31-24(29)15-5-8-19(9-6-15)28-13-17-10-22(30-2)23(12-21(17)26)32-14-16-4-7-18(27)11-20(16)25/h4-12,28H,3,13-14H2,1-2H3. The van der Waals surface area contributed by atoms with Gasteiger partial charge in [-0.3, -0.25) is 0 Å². The number of benzene rings is 3. The van der Waals surface area contributed by atoms with Gasteiger partial charge in [-0.25, -0.2) is 9.18 Å². The Morgan fingerprint density at radius 1 is 0.969 bits per heavy atom. The second kappa shape index (κ2) is 11.1. The molecular weight excluding hydrogens is 456 g/mol. The smallest absolute Gasteiger partial charge is 0.338 e. The Balaban J connectivity index is 1.67. The van der Waals surface area contributed by atoms with Crippen LogP contribution in [0.15, 0.2) is 54.6 Å². The molecule has 1 N–H and O–H groups in total. The van der Waals surface area contributed by atoms with Crippen LogP contribution in [-0.2, 0) is 17.9 Å². The Morgan fingerprint density at radius 2 is 1.69 bits per heavy atom. The Kier molecular flexibility index (Phi) is 8.20. The minimum absolute atomic E-state index is 0.135. The first kappa shape index (κ1) is 23.7. The van der Waals surface area contributed by atoms with Crippen LogP contribution in [0.5, 0.6) is 11.5 Å². The van der Waals surface area contributed by atoms with Crippen LogP contribution in [0.3, 0.4) is 0 Å². The molecule has 168 valence electrons. The van der Waals surface area contributed by atoms with Gasteiger partial charge in [0.15, 0.2) is 11.5 Å². The van der Waals surface area contributed by atoms with Gasteiger partial charge in [-0.2, -0.15) is 0 Å². The summed E-state index contributed by atoms with van der Waals surface area (Å²) in [5.41, 5.74) is 2.74. The third kappa shape index (κ3) is 6.05. The highest BCUT2D eigenvalue weighted by Crippen LogP contribution is 2.34. The summed E-state index contributed by atoms with van der Waals surface area (Å²) < 4.78 is 29.5. The Hall–Kier alpha value is -2.96. The molecule has 0 unspecified atom stereocenters. The highest BCUT2D eigenvalue weighted by molar-refractivity contribution is 6.31. The van der Waals surface area contributed by atoms with Gasteiger partial charge < -0.3 is 19.5 Å². The Bertz CT molecular complexity index is 1090. The van der Waals surface area contributed by atoms with Crippen molar-refractivity contribution in [1.29, 1.82) is 0 Å². The highest BCUT2D eigenvalue weighted by atomic mass is 35.5. The summed E-state index contributed by atoms with van der Waals surface area (Å²) in [5, 5.41) is 4.03. The van der Waals surface area contributed by atoms with E-state index in [-0.39, 0.29) is 17.6 Å². The number of hydrogen-bond acceptors (Lipinski definition) is 5. The molecule has 3 rings (SSSR count). The van der Waals surface area contributed by atoms with Crippen molar-refractivity contribution >= 4 is 34.9 Å². The molecular formula is C24H22Cl2FNO4. The van der Waals surface area contributed by atoms with Gasteiger partial charge in [0.25, 0.3) is 0 Å². The van der Waals surface area contributed by atoms with Crippen LogP contribution >= 0.6 is 23.2 Å². The summed E-state index contributed by atoms with van der Waals surface area (Å²) in [4.78, 5) is 11.7. The van der Waals surface area contributed by atoms with Crippen molar-refractivity contribution in [2.75, 3.05) is 19.0 Å². The second-order valence-electron chi connectivity index (χ2n) is 6.77. The zero-order valence-corrected chi connectivity index (χ0v) is 19.1. The SMILES string of the molecule is CCOC(=O)c1ccc(NCc2cc(OC)c(OCc3ccc(F)cc3Cl)cc2Cl)cc1. The van der Waals surface area contributed by atoms with Crippen molar-refractivity contribution in [3.8, 4) is 11.5 Å². The van der Waals surface area contributed by atoms with Gasteiger partial charge in [0, 0.05) is 28.9 Å². The zero-order valence-electron chi connectivity index (χ0n) is 17.6. The van der Waals surface area contributed by atoms with E-state index in [1.807, 2.05) is 0 Å². The lowest BCUT2D eigenvalue weighted by atomic mass is 10.1. The Labute approximate surface area is 196 Å². The van der Waals surface area contributed by atoms with E-state index in [1.165, 1.54) is 19.2 Å². The van der Waals surface area contributed by atoms with E-state index < -0.39 is 5.82 Å². The van der Waals surface area contributed by atoms with E-state index in [0.717, 1.165) is 11.3 Å². The van der Waals surface area contributed by atoms with Crippen molar-refractivity contribution in [3.63, 3.8) is 0 Å². The largest absolute Gasteiger partial charge is 0.493 e. The molecule has 32 heavy (non-hydrogen) atoms. The van der Waals surface area contributed by atoms with Crippen LogP contribution in [0.4, 0.5) is 10.1 Å². The molecule has 0 atom stereocenters. The van der Waals surface area contributed by atoms with Gasteiger partial charge in [0.1, 0.15) is 12.4 Å². The molecule has 0 aliphatic carbocycles. The summed E-state index contributed by atoms with van der Waals surface area (Å²) in [7, 11) is 1.53. The highest BCUT2D eigenvalue weighted by Gasteiger charge is 2.13. The summed E-state index contributed by atoms with van der Waals surface area (Å²) >= 11 is 12.5. The van der Waals surface area contributed by atoms with Crippen LogP contribution in [0, 0.1) is 5.82 Å². The lowest BCUT2D eigenvalue weighted by Crippen LogP contribution is -2.05. The van der Waals surface area contributed by atoms with Crippen molar-refractivity contribution < 1.29 is 23.4 Å². The topological polar surface area (TPSA) is 56.8 Å². The van der Waals surface area contributed by atoms with Gasteiger partial charge in [-0.1, -0.05) is 29.3 Å². The predicted molar refractivity (Wildman–Crippen MR) is 123 cm³/mol. The maximum Gasteiger partial charge on any atom is 0.338 e. The molecule has 0 spiro atoms. The number of nitrogens with one attached hydrogen (secondary N) is 1. The quantitative estimate of drug-likeness (QED) is 0.356. The van der Waals surface area contributed by atoms with Crippen LogP contribution < -0.4 is 14.8 Å². The van der Waals surface area contributed by atoms with Crippen LogP contribution in [0.25, 0.3) is 0 Å². The maximum absolute atomic E-state index is 13.2. The first-order chi connectivity index (χ1) is 15.4. The summed E-state index contributed by atoms with van der Waals surface area (Å²) in [6, 6.07) is 14.5. The van der Waals surface area contributed by atoms with Crippen molar-refractivity contribution in [3.05, 3.63) is 87.2 Å². The average molecular weight is 478 g/mol. The van der Waals surface area contributed by atoms with Gasteiger partial charge in [-0.15, -0.1) is 0 Å². The third-order valence-corrected chi connectivity index (χ3v) is 5.31. The van der Waals surface area contributed by atoms with Crippen molar-refractivity contribution in [1.82, 2.24) is 0 Å². The lowest BCUT2D eigenvalue weighted by Gasteiger charge is -2.15. The molecule has 3 aromatic carbocycles. The molecule has 0 saturated heterocycles. The van der Waals surface area contributed by atoms with E-state index in [2.05, 4.69) is 5.32 Å². The normalized spacial score (nSPS) is 10.5. The van der Waals surface area contributed by atoms with E-state index in [1.54, 1.807) is 49.4 Å². The molecule has 0 bridgehead atoms. The van der Waals surface area contributed by atoms with Crippen molar-refractivity contribution in [2.45, 2.75) is 20.1 Å². The van der Waals surface area contributed by atoms with E-state index in [9.17, 15) is 9.18 Å². The predicted octanol–water partition coefficient (Wildman–Crippen LogP) is 6.51. The zero-order chi connectivity index (χ0) is 23.1. The number of esters is 1.